The molecule has 0 aliphatic heterocycles. The predicted octanol–water partition coefficient (Wildman–Crippen LogP) is 5.51. The zero-order chi connectivity index (χ0) is 20.9. The third-order valence-electron chi connectivity index (χ3n) is 4.55. The van der Waals surface area contributed by atoms with Crippen LogP contribution in [0, 0.1) is 0 Å². The van der Waals surface area contributed by atoms with Crippen LogP contribution >= 0.6 is 7.82 Å². The molecule has 0 aliphatic rings. The minimum absolute atomic E-state index is 0.0328. The van der Waals surface area contributed by atoms with Gasteiger partial charge in [-0.2, -0.15) is 0 Å². The van der Waals surface area contributed by atoms with Gasteiger partial charge in [-0.25, -0.2) is 4.57 Å². The van der Waals surface area contributed by atoms with Crippen molar-refractivity contribution in [3.8, 4) is 0 Å². The summed E-state index contributed by atoms with van der Waals surface area (Å²) in [4.78, 5) is 17.1. The molecule has 3 N–H and O–H groups in total. The second kappa shape index (κ2) is 20.1. The van der Waals surface area contributed by atoms with Crippen molar-refractivity contribution in [2.45, 2.75) is 103 Å². The molecule has 0 radical (unpaired) electrons. The van der Waals surface area contributed by atoms with Gasteiger partial charge in [-0.3, -0.25) is 4.52 Å². The van der Waals surface area contributed by atoms with E-state index in [-0.39, 0.29) is 6.61 Å². The molecule has 7 heteroatoms. The van der Waals surface area contributed by atoms with E-state index in [9.17, 15) is 9.67 Å². The van der Waals surface area contributed by atoms with Crippen molar-refractivity contribution in [1.29, 1.82) is 0 Å². The first kappa shape index (κ1) is 27.8. The molecule has 6 nitrogen and oxygen atoms in total. The lowest BCUT2D eigenvalue weighted by Gasteiger charge is -2.12. The SMILES string of the molecule is CCCCCCCC/C=C/CCCCCCCCOC[C@@H](O)COP(=O)(O)O. The lowest BCUT2D eigenvalue weighted by molar-refractivity contribution is 0.00476. The van der Waals surface area contributed by atoms with Crippen molar-refractivity contribution in [3.05, 3.63) is 12.2 Å². The third-order valence-corrected chi connectivity index (χ3v) is 5.03. The highest BCUT2D eigenvalue weighted by molar-refractivity contribution is 7.46. The summed E-state index contributed by atoms with van der Waals surface area (Å²) in [5, 5.41) is 9.45. The highest BCUT2D eigenvalue weighted by Crippen LogP contribution is 2.35. The molecule has 0 aliphatic carbocycles. The van der Waals surface area contributed by atoms with E-state index >= 15 is 0 Å². The fraction of sp³-hybridized carbons (Fsp3) is 0.905. The number of hydrogen-bond acceptors (Lipinski definition) is 4. The molecule has 0 aromatic carbocycles. The maximum atomic E-state index is 10.5. The van der Waals surface area contributed by atoms with Gasteiger partial charge in [0, 0.05) is 6.61 Å². The Balaban J connectivity index is 3.21. The summed E-state index contributed by atoms with van der Waals surface area (Å²) >= 11 is 0. The van der Waals surface area contributed by atoms with Gasteiger partial charge in [0.15, 0.2) is 0 Å². The van der Waals surface area contributed by atoms with Crippen LogP contribution in [0.4, 0.5) is 0 Å². The van der Waals surface area contributed by atoms with Gasteiger partial charge in [-0.05, 0) is 32.1 Å². The van der Waals surface area contributed by atoms with E-state index in [1.54, 1.807) is 0 Å². The van der Waals surface area contributed by atoms with Gasteiger partial charge in [-0.1, -0.05) is 76.9 Å². The maximum Gasteiger partial charge on any atom is 0.469 e. The van der Waals surface area contributed by atoms with Gasteiger partial charge in [0.05, 0.1) is 13.2 Å². The lowest BCUT2D eigenvalue weighted by atomic mass is 10.1. The first-order valence-corrected chi connectivity index (χ1v) is 12.6. The van der Waals surface area contributed by atoms with Gasteiger partial charge in [0.2, 0.25) is 0 Å². The highest BCUT2D eigenvalue weighted by atomic mass is 31.2. The average Bonchev–Trinajstić information content (AvgIpc) is 2.65. The molecular formula is C21H43O6P. The number of hydrogen-bond donors (Lipinski definition) is 3. The predicted molar refractivity (Wildman–Crippen MR) is 114 cm³/mol. The molecule has 0 fully saturated rings. The number of unbranched alkanes of at least 4 members (excludes halogenated alkanes) is 12. The molecule has 0 heterocycles. The quantitative estimate of drug-likeness (QED) is 0.128. The largest absolute Gasteiger partial charge is 0.469 e. The number of ether oxygens (including phenoxy) is 1. The number of aliphatic hydroxyl groups is 1. The van der Waals surface area contributed by atoms with Crippen molar-refractivity contribution >= 4 is 7.82 Å². The van der Waals surface area contributed by atoms with E-state index in [2.05, 4.69) is 23.6 Å². The van der Waals surface area contributed by atoms with Crippen molar-refractivity contribution < 1.29 is 28.7 Å². The Labute approximate surface area is 172 Å². The lowest BCUT2D eigenvalue weighted by Crippen LogP contribution is -2.21. The molecule has 168 valence electrons. The zero-order valence-electron chi connectivity index (χ0n) is 17.8. The molecular weight excluding hydrogens is 379 g/mol. The van der Waals surface area contributed by atoms with Crippen LogP contribution in [-0.4, -0.2) is 40.8 Å². The second-order valence-electron chi connectivity index (χ2n) is 7.45. The van der Waals surface area contributed by atoms with E-state index < -0.39 is 20.5 Å². The first-order chi connectivity index (χ1) is 13.5. The summed E-state index contributed by atoms with van der Waals surface area (Å²) < 4.78 is 20.0. The van der Waals surface area contributed by atoms with Crippen molar-refractivity contribution in [3.63, 3.8) is 0 Å². The number of phosphoric ester groups is 1. The van der Waals surface area contributed by atoms with Gasteiger partial charge < -0.3 is 19.6 Å². The summed E-state index contributed by atoms with van der Waals surface area (Å²) in [5.41, 5.74) is 0. The van der Waals surface area contributed by atoms with Crippen LogP contribution in [0.15, 0.2) is 12.2 Å². The monoisotopic (exact) mass is 422 g/mol. The van der Waals surface area contributed by atoms with Crippen LogP contribution in [0.2, 0.25) is 0 Å². The molecule has 0 amide bonds. The van der Waals surface area contributed by atoms with Crippen molar-refractivity contribution in [2.24, 2.45) is 0 Å². The molecule has 0 saturated carbocycles. The van der Waals surface area contributed by atoms with Gasteiger partial charge >= 0.3 is 7.82 Å². The molecule has 0 unspecified atom stereocenters. The number of allylic oxidation sites excluding steroid dienone is 2. The Morgan fingerprint density at radius 1 is 0.786 bits per heavy atom. The molecule has 0 bridgehead atoms. The van der Waals surface area contributed by atoms with Gasteiger partial charge in [-0.15, -0.1) is 0 Å². The molecule has 1 atom stereocenters. The van der Waals surface area contributed by atoms with Crippen LogP contribution in [0.5, 0.6) is 0 Å². The normalized spacial score (nSPS) is 13.4. The summed E-state index contributed by atoms with van der Waals surface area (Å²) in [7, 11) is -4.52. The van der Waals surface area contributed by atoms with Gasteiger partial charge in [0.1, 0.15) is 6.10 Å². The summed E-state index contributed by atoms with van der Waals surface area (Å²) in [6.45, 7) is 2.42. The van der Waals surface area contributed by atoms with Crippen molar-refractivity contribution in [2.75, 3.05) is 19.8 Å². The second-order valence-corrected chi connectivity index (χ2v) is 8.69. The molecule has 0 spiro atoms. The molecule has 0 saturated heterocycles. The summed E-state index contributed by atoms with van der Waals surface area (Å²) in [6.07, 6.45) is 21.2. The van der Waals surface area contributed by atoms with Gasteiger partial charge in [0.25, 0.3) is 0 Å². The molecule has 0 aromatic heterocycles. The number of aliphatic hydroxyl groups excluding tert-OH is 1. The first-order valence-electron chi connectivity index (χ1n) is 11.1. The minimum Gasteiger partial charge on any atom is -0.388 e. The Morgan fingerprint density at radius 2 is 1.29 bits per heavy atom. The summed E-state index contributed by atoms with van der Waals surface area (Å²) in [6, 6.07) is 0. The standard InChI is InChI=1S/C21H43O6P/c1-2-3-4-5-6-7-8-9-10-11-12-13-14-15-16-17-18-26-19-21(22)20-27-28(23,24)25/h9-10,21-22H,2-8,11-20H2,1H3,(H2,23,24,25)/b10-9+/t21-/m1/s1. The average molecular weight is 423 g/mol. The van der Waals surface area contributed by atoms with Crippen molar-refractivity contribution in [1.82, 2.24) is 0 Å². The van der Waals surface area contributed by atoms with E-state index in [0.29, 0.717) is 6.61 Å². The maximum absolute atomic E-state index is 10.5. The Hall–Kier alpha value is -0.230. The Bertz CT molecular complexity index is 396. The van der Waals surface area contributed by atoms with E-state index in [1.807, 2.05) is 0 Å². The highest BCUT2D eigenvalue weighted by Gasteiger charge is 2.16. The molecule has 28 heavy (non-hydrogen) atoms. The van der Waals surface area contributed by atoms with E-state index in [0.717, 1.165) is 12.8 Å². The van der Waals surface area contributed by atoms with Crippen LogP contribution < -0.4 is 0 Å². The topological polar surface area (TPSA) is 96.2 Å². The van der Waals surface area contributed by atoms with Crippen LogP contribution in [-0.2, 0) is 13.8 Å². The summed E-state index contributed by atoms with van der Waals surface area (Å²) in [5.74, 6) is 0. The Morgan fingerprint density at radius 3 is 1.82 bits per heavy atom. The fourth-order valence-corrected chi connectivity index (χ4v) is 3.27. The van der Waals surface area contributed by atoms with Crippen LogP contribution in [0.1, 0.15) is 96.8 Å². The number of phosphoric acid groups is 1. The van der Waals surface area contributed by atoms with Crippen LogP contribution in [0.25, 0.3) is 0 Å². The number of rotatable bonds is 21. The minimum atomic E-state index is -4.52. The zero-order valence-corrected chi connectivity index (χ0v) is 18.7. The molecule has 0 aromatic rings. The Kier molecular flexibility index (Phi) is 19.9. The third kappa shape index (κ3) is 23.8. The van der Waals surface area contributed by atoms with E-state index in [1.165, 1.54) is 77.0 Å². The van der Waals surface area contributed by atoms with Crippen LogP contribution in [0.3, 0.4) is 0 Å². The smallest absolute Gasteiger partial charge is 0.388 e. The fourth-order valence-electron chi connectivity index (χ4n) is 2.90. The molecule has 0 rings (SSSR count). The van der Waals surface area contributed by atoms with E-state index in [4.69, 9.17) is 14.5 Å².